The largest absolute Gasteiger partial charge is 0.329 e. The summed E-state index contributed by atoms with van der Waals surface area (Å²) in [5.74, 6) is -0.650. The fraction of sp³-hybridized carbons (Fsp3) is 0.500. The lowest BCUT2D eigenvalue weighted by Gasteiger charge is -2.17. The van der Waals surface area contributed by atoms with E-state index in [1.165, 1.54) is 6.07 Å². The van der Waals surface area contributed by atoms with Gasteiger partial charge in [-0.3, -0.25) is 0 Å². The molecule has 0 aliphatic rings. The van der Waals surface area contributed by atoms with E-state index >= 15 is 0 Å². The minimum atomic E-state index is -3.86. The van der Waals surface area contributed by atoms with Gasteiger partial charge < -0.3 is 5.73 Å². The molecule has 108 valence electrons. The van der Waals surface area contributed by atoms with Crippen LogP contribution in [-0.2, 0) is 10.0 Å². The molecule has 4 nitrogen and oxygen atoms in total. The average Bonchev–Trinajstić information content (AvgIpc) is 2.37. The molecular formula is C12H18ClFN2O2S. The van der Waals surface area contributed by atoms with Gasteiger partial charge in [0, 0.05) is 12.6 Å². The normalized spacial score (nSPS) is 13.5. The fourth-order valence-corrected chi connectivity index (χ4v) is 3.44. The van der Waals surface area contributed by atoms with Gasteiger partial charge >= 0.3 is 0 Å². The van der Waals surface area contributed by atoms with E-state index in [1.54, 1.807) is 0 Å². The summed E-state index contributed by atoms with van der Waals surface area (Å²) in [6.07, 6.45) is 2.44. The SMILES string of the molecule is CCCCC(CN)NS(=O)(=O)c1cc(F)ccc1Cl. The Kier molecular flexibility index (Phi) is 6.19. The molecular weight excluding hydrogens is 291 g/mol. The zero-order valence-corrected chi connectivity index (χ0v) is 12.3. The van der Waals surface area contributed by atoms with Gasteiger partial charge in [-0.1, -0.05) is 31.4 Å². The predicted molar refractivity (Wildman–Crippen MR) is 74.1 cm³/mol. The molecule has 1 rings (SSSR count). The van der Waals surface area contributed by atoms with Crippen molar-refractivity contribution >= 4 is 21.6 Å². The van der Waals surface area contributed by atoms with Crippen molar-refractivity contribution in [1.29, 1.82) is 0 Å². The van der Waals surface area contributed by atoms with Crippen LogP contribution < -0.4 is 10.5 Å². The van der Waals surface area contributed by atoms with Crippen molar-refractivity contribution in [3.05, 3.63) is 29.0 Å². The van der Waals surface area contributed by atoms with Gasteiger partial charge in [-0.05, 0) is 24.6 Å². The van der Waals surface area contributed by atoms with E-state index in [2.05, 4.69) is 4.72 Å². The van der Waals surface area contributed by atoms with Gasteiger partial charge in [0.2, 0.25) is 10.0 Å². The van der Waals surface area contributed by atoms with E-state index in [0.29, 0.717) is 6.42 Å². The minimum Gasteiger partial charge on any atom is -0.329 e. The van der Waals surface area contributed by atoms with Crippen LogP contribution >= 0.6 is 11.6 Å². The Labute approximate surface area is 118 Å². The summed E-state index contributed by atoms with van der Waals surface area (Å²) in [4.78, 5) is -0.260. The summed E-state index contributed by atoms with van der Waals surface area (Å²) in [5, 5.41) is -0.0137. The third-order valence-electron chi connectivity index (χ3n) is 2.70. The first kappa shape index (κ1) is 16.4. The lowest BCUT2D eigenvalue weighted by molar-refractivity contribution is 0.515. The average molecular weight is 309 g/mol. The number of unbranched alkanes of at least 4 members (excludes halogenated alkanes) is 1. The molecule has 0 aromatic heterocycles. The number of halogens is 2. The van der Waals surface area contributed by atoms with Gasteiger partial charge in [0.1, 0.15) is 10.7 Å². The Morgan fingerprint density at radius 3 is 2.74 bits per heavy atom. The Morgan fingerprint density at radius 2 is 2.16 bits per heavy atom. The molecule has 0 saturated carbocycles. The van der Waals surface area contributed by atoms with E-state index in [4.69, 9.17) is 17.3 Å². The van der Waals surface area contributed by atoms with Crippen LogP contribution in [0.2, 0.25) is 5.02 Å². The van der Waals surface area contributed by atoms with Gasteiger partial charge in [-0.15, -0.1) is 0 Å². The third-order valence-corrected chi connectivity index (χ3v) is 4.70. The van der Waals surface area contributed by atoms with Crippen molar-refractivity contribution in [2.75, 3.05) is 6.54 Å². The van der Waals surface area contributed by atoms with Crippen LogP contribution in [0.3, 0.4) is 0 Å². The molecule has 1 atom stereocenters. The van der Waals surface area contributed by atoms with E-state index in [1.807, 2.05) is 6.92 Å². The van der Waals surface area contributed by atoms with Crippen LogP contribution in [0.1, 0.15) is 26.2 Å². The summed E-state index contributed by atoms with van der Waals surface area (Å²) in [5.41, 5.74) is 5.53. The molecule has 0 aliphatic carbocycles. The minimum absolute atomic E-state index is 0.0137. The molecule has 0 bridgehead atoms. The number of nitrogens with two attached hydrogens (primary N) is 1. The maximum Gasteiger partial charge on any atom is 0.242 e. The molecule has 7 heteroatoms. The molecule has 0 saturated heterocycles. The topological polar surface area (TPSA) is 72.2 Å². The van der Waals surface area contributed by atoms with Crippen molar-refractivity contribution in [2.24, 2.45) is 5.73 Å². The van der Waals surface area contributed by atoms with Gasteiger partial charge in [-0.2, -0.15) is 0 Å². The highest BCUT2D eigenvalue weighted by molar-refractivity contribution is 7.89. The highest BCUT2D eigenvalue weighted by Gasteiger charge is 2.22. The Bertz CT molecular complexity index is 522. The molecule has 19 heavy (non-hydrogen) atoms. The van der Waals surface area contributed by atoms with Gasteiger partial charge in [0.25, 0.3) is 0 Å². The Morgan fingerprint density at radius 1 is 1.47 bits per heavy atom. The van der Waals surface area contributed by atoms with E-state index in [9.17, 15) is 12.8 Å². The highest BCUT2D eigenvalue weighted by atomic mass is 35.5. The maximum absolute atomic E-state index is 13.1. The van der Waals surface area contributed by atoms with Gasteiger partial charge in [0.05, 0.1) is 5.02 Å². The summed E-state index contributed by atoms with van der Waals surface area (Å²) in [7, 11) is -3.86. The zero-order chi connectivity index (χ0) is 14.5. The number of benzene rings is 1. The standard InChI is InChI=1S/C12H18ClFN2O2S/c1-2-3-4-10(8-15)16-19(17,18)12-7-9(14)5-6-11(12)13/h5-7,10,16H,2-4,8,15H2,1H3. The van der Waals surface area contributed by atoms with Crippen molar-refractivity contribution < 1.29 is 12.8 Å². The first-order valence-corrected chi connectivity index (χ1v) is 7.94. The van der Waals surface area contributed by atoms with Crippen molar-refractivity contribution in [3.63, 3.8) is 0 Å². The highest BCUT2D eigenvalue weighted by Crippen LogP contribution is 2.22. The molecule has 0 spiro atoms. The van der Waals surface area contributed by atoms with Crippen molar-refractivity contribution in [2.45, 2.75) is 37.1 Å². The van der Waals surface area contributed by atoms with Crippen LogP contribution in [0.4, 0.5) is 4.39 Å². The van der Waals surface area contributed by atoms with Crippen LogP contribution in [0, 0.1) is 5.82 Å². The Hall–Kier alpha value is -0.690. The zero-order valence-electron chi connectivity index (χ0n) is 10.7. The quantitative estimate of drug-likeness (QED) is 0.811. The summed E-state index contributed by atoms with van der Waals surface area (Å²) in [6.45, 7) is 2.19. The summed E-state index contributed by atoms with van der Waals surface area (Å²) in [6, 6.07) is 2.86. The second kappa shape index (κ2) is 7.19. The molecule has 0 radical (unpaired) electrons. The van der Waals surface area contributed by atoms with Crippen LogP contribution in [0.25, 0.3) is 0 Å². The number of hydrogen-bond donors (Lipinski definition) is 2. The number of hydrogen-bond acceptors (Lipinski definition) is 3. The van der Waals surface area contributed by atoms with E-state index in [-0.39, 0.29) is 22.5 Å². The summed E-state index contributed by atoms with van der Waals surface area (Å²) >= 11 is 5.79. The van der Waals surface area contributed by atoms with Gasteiger partial charge in [-0.25, -0.2) is 17.5 Å². The Balaban J connectivity index is 2.93. The second-order valence-corrected chi connectivity index (χ2v) is 6.36. The van der Waals surface area contributed by atoms with Gasteiger partial charge in [0.15, 0.2) is 0 Å². The number of sulfonamides is 1. The molecule has 0 aliphatic heterocycles. The first-order valence-electron chi connectivity index (χ1n) is 6.08. The second-order valence-electron chi connectivity index (χ2n) is 4.27. The van der Waals surface area contributed by atoms with Crippen molar-refractivity contribution in [1.82, 2.24) is 4.72 Å². The monoisotopic (exact) mass is 308 g/mol. The molecule has 1 aromatic rings. The lowest BCUT2D eigenvalue weighted by atomic mass is 10.1. The molecule has 0 heterocycles. The maximum atomic E-state index is 13.1. The van der Waals surface area contributed by atoms with Crippen molar-refractivity contribution in [3.8, 4) is 0 Å². The molecule has 0 fully saturated rings. The van der Waals surface area contributed by atoms with Crippen LogP contribution in [0.5, 0.6) is 0 Å². The number of rotatable bonds is 7. The number of nitrogens with one attached hydrogen (secondary N) is 1. The molecule has 1 unspecified atom stereocenters. The molecule has 3 N–H and O–H groups in total. The van der Waals surface area contributed by atoms with E-state index < -0.39 is 15.8 Å². The molecule has 1 aromatic carbocycles. The van der Waals surface area contributed by atoms with E-state index in [0.717, 1.165) is 25.0 Å². The third kappa shape index (κ3) is 4.72. The van der Waals surface area contributed by atoms with Crippen LogP contribution in [0.15, 0.2) is 23.1 Å². The van der Waals surface area contributed by atoms with Crippen LogP contribution in [-0.4, -0.2) is 21.0 Å². The summed E-state index contributed by atoms with van der Waals surface area (Å²) < 4.78 is 39.8. The lowest BCUT2D eigenvalue weighted by Crippen LogP contribution is -2.40. The fourth-order valence-electron chi connectivity index (χ4n) is 1.64. The predicted octanol–water partition coefficient (Wildman–Crippen LogP) is 2.27. The first-order chi connectivity index (χ1) is 8.90. The smallest absolute Gasteiger partial charge is 0.242 e. The molecule has 0 amide bonds.